The molecule has 1 N–H and O–H groups in total. The second kappa shape index (κ2) is 7.35. The number of hydrogen-bond donors (Lipinski definition) is 1. The maximum atomic E-state index is 13.2. The van der Waals surface area contributed by atoms with Crippen molar-refractivity contribution >= 4 is 11.8 Å². The average molecular weight is 344 g/mol. The van der Waals surface area contributed by atoms with Crippen LogP contribution in [0.5, 0.6) is 0 Å². The summed E-state index contributed by atoms with van der Waals surface area (Å²) in [7, 11) is 3.91. The molecule has 0 bridgehead atoms. The first-order chi connectivity index (χ1) is 12.0. The molecule has 1 aromatic carbocycles. The lowest BCUT2D eigenvalue weighted by Crippen LogP contribution is -2.47. The summed E-state index contributed by atoms with van der Waals surface area (Å²) in [5.41, 5.74) is 0.786. The third-order valence-corrected chi connectivity index (χ3v) is 4.86. The number of aliphatic hydroxyl groups is 1. The van der Waals surface area contributed by atoms with Crippen LogP contribution in [0.4, 0.5) is 16.2 Å². The lowest BCUT2D eigenvalue weighted by atomic mass is 9.76. The number of anilines is 2. The van der Waals surface area contributed by atoms with Gasteiger partial charge in [0, 0.05) is 38.8 Å². The molecule has 0 amide bonds. The Hall–Kier alpha value is -2.21. The van der Waals surface area contributed by atoms with E-state index < -0.39 is 0 Å². The van der Waals surface area contributed by atoms with Crippen LogP contribution in [0.2, 0.25) is 0 Å². The van der Waals surface area contributed by atoms with E-state index in [-0.39, 0.29) is 17.8 Å². The Bertz CT molecular complexity index is 707. The number of aliphatic hydroxyl groups excluding tert-OH is 1. The van der Waals surface area contributed by atoms with Gasteiger partial charge in [0.1, 0.15) is 11.6 Å². The fourth-order valence-corrected chi connectivity index (χ4v) is 3.48. The molecule has 25 heavy (non-hydrogen) atoms. The summed E-state index contributed by atoms with van der Waals surface area (Å²) in [6.07, 6.45) is 4.39. The number of nitrogens with zero attached hydrogens (tertiary/aromatic N) is 4. The molecule has 0 aliphatic carbocycles. The zero-order chi connectivity index (χ0) is 17.9. The van der Waals surface area contributed by atoms with E-state index in [4.69, 9.17) is 0 Å². The predicted octanol–water partition coefficient (Wildman–Crippen LogP) is 2.50. The van der Waals surface area contributed by atoms with Crippen LogP contribution in [0.1, 0.15) is 18.4 Å². The van der Waals surface area contributed by atoms with Crippen molar-refractivity contribution in [2.45, 2.75) is 19.3 Å². The van der Waals surface area contributed by atoms with Gasteiger partial charge >= 0.3 is 0 Å². The first-order valence-electron chi connectivity index (χ1n) is 8.62. The van der Waals surface area contributed by atoms with E-state index in [1.54, 1.807) is 18.3 Å². The molecule has 0 spiro atoms. The van der Waals surface area contributed by atoms with Crippen LogP contribution < -0.4 is 9.80 Å². The van der Waals surface area contributed by atoms with Crippen molar-refractivity contribution in [3.8, 4) is 0 Å². The second-order valence-electron chi connectivity index (χ2n) is 7.10. The van der Waals surface area contributed by atoms with E-state index in [1.165, 1.54) is 12.1 Å². The summed E-state index contributed by atoms with van der Waals surface area (Å²) < 4.78 is 13.2. The summed E-state index contributed by atoms with van der Waals surface area (Å²) in [5, 5.41) is 10.1. The van der Waals surface area contributed by atoms with Crippen molar-refractivity contribution in [2.24, 2.45) is 5.41 Å². The van der Waals surface area contributed by atoms with Crippen molar-refractivity contribution < 1.29 is 9.50 Å². The quantitative estimate of drug-likeness (QED) is 0.903. The van der Waals surface area contributed by atoms with E-state index >= 15 is 0 Å². The molecular weight excluding hydrogens is 319 g/mol. The molecule has 1 aliphatic rings. The molecule has 2 heterocycles. The van der Waals surface area contributed by atoms with Gasteiger partial charge in [0.25, 0.3) is 0 Å². The molecular formula is C19H25FN4O. The van der Waals surface area contributed by atoms with Crippen LogP contribution in [0, 0.1) is 11.2 Å². The number of rotatable bonds is 5. The van der Waals surface area contributed by atoms with E-state index in [0.29, 0.717) is 18.9 Å². The van der Waals surface area contributed by atoms with Gasteiger partial charge in [-0.05, 0) is 43.0 Å². The molecule has 1 unspecified atom stereocenters. The third-order valence-electron chi connectivity index (χ3n) is 4.86. The number of halogens is 1. The average Bonchev–Trinajstić information content (AvgIpc) is 2.64. The third kappa shape index (κ3) is 4.07. The van der Waals surface area contributed by atoms with Gasteiger partial charge < -0.3 is 14.9 Å². The van der Waals surface area contributed by atoms with Crippen LogP contribution >= 0.6 is 0 Å². The zero-order valence-corrected chi connectivity index (χ0v) is 14.8. The first-order valence-corrected chi connectivity index (χ1v) is 8.62. The SMILES string of the molecule is CN(C)c1ccnc(N2CCCC(CO)(Cc3ccc(F)cc3)C2)n1. The van der Waals surface area contributed by atoms with Gasteiger partial charge in [-0.25, -0.2) is 9.37 Å². The Morgan fingerprint density at radius 1 is 1.24 bits per heavy atom. The molecule has 1 fully saturated rings. The maximum Gasteiger partial charge on any atom is 0.227 e. The zero-order valence-electron chi connectivity index (χ0n) is 14.8. The second-order valence-corrected chi connectivity index (χ2v) is 7.10. The summed E-state index contributed by atoms with van der Waals surface area (Å²) in [6, 6.07) is 8.43. The number of aromatic nitrogens is 2. The smallest absolute Gasteiger partial charge is 0.227 e. The predicted molar refractivity (Wildman–Crippen MR) is 97.4 cm³/mol. The van der Waals surface area contributed by atoms with Gasteiger partial charge in [0.05, 0.1) is 6.61 Å². The molecule has 0 radical (unpaired) electrons. The number of piperidine rings is 1. The summed E-state index contributed by atoms with van der Waals surface area (Å²) in [4.78, 5) is 13.1. The van der Waals surface area contributed by atoms with Gasteiger partial charge in [0.15, 0.2) is 0 Å². The maximum absolute atomic E-state index is 13.2. The fourth-order valence-electron chi connectivity index (χ4n) is 3.48. The highest BCUT2D eigenvalue weighted by molar-refractivity contribution is 5.43. The summed E-state index contributed by atoms with van der Waals surface area (Å²) in [5.74, 6) is 1.33. The van der Waals surface area contributed by atoms with Crippen molar-refractivity contribution in [1.82, 2.24) is 9.97 Å². The Morgan fingerprint density at radius 2 is 2.00 bits per heavy atom. The Balaban J connectivity index is 1.80. The molecule has 1 aliphatic heterocycles. The number of benzene rings is 1. The Kier molecular flexibility index (Phi) is 5.18. The largest absolute Gasteiger partial charge is 0.396 e. The minimum absolute atomic E-state index is 0.0915. The van der Waals surface area contributed by atoms with Crippen molar-refractivity contribution in [3.05, 3.63) is 47.9 Å². The van der Waals surface area contributed by atoms with Gasteiger partial charge in [0.2, 0.25) is 5.95 Å². The Labute approximate surface area is 148 Å². The standard InChI is InChI=1S/C19H25FN4O/c1-23(2)17-8-10-21-18(22-17)24-11-3-9-19(13-24,14-25)12-15-4-6-16(20)7-5-15/h4-8,10,25H,3,9,11-14H2,1-2H3. The van der Waals surface area contributed by atoms with Crippen LogP contribution in [-0.4, -0.2) is 48.9 Å². The lowest BCUT2D eigenvalue weighted by molar-refractivity contribution is 0.105. The molecule has 3 rings (SSSR count). The van der Waals surface area contributed by atoms with E-state index in [2.05, 4.69) is 14.9 Å². The van der Waals surface area contributed by atoms with Crippen LogP contribution in [0.25, 0.3) is 0 Å². The highest BCUT2D eigenvalue weighted by Crippen LogP contribution is 2.34. The van der Waals surface area contributed by atoms with Crippen LogP contribution in [0.15, 0.2) is 36.5 Å². The van der Waals surface area contributed by atoms with Crippen molar-refractivity contribution in [1.29, 1.82) is 0 Å². The van der Waals surface area contributed by atoms with Crippen LogP contribution in [0.3, 0.4) is 0 Å². The van der Waals surface area contributed by atoms with Crippen molar-refractivity contribution in [2.75, 3.05) is 43.6 Å². The van der Waals surface area contributed by atoms with Gasteiger partial charge in [-0.3, -0.25) is 0 Å². The first kappa shape index (κ1) is 17.6. The molecule has 5 nitrogen and oxygen atoms in total. The monoisotopic (exact) mass is 344 g/mol. The molecule has 6 heteroatoms. The van der Waals surface area contributed by atoms with Gasteiger partial charge in [-0.1, -0.05) is 12.1 Å². The fraction of sp³-hybridized carbons (Fsp3) is 0.474. The van der Waals surface area contributed by atoms with Gasteiger partial charge in [-0.15, -0.1) is 0 Å². The van der Waals surface area contributed by atoms with E-state index in [0.717, 1.165) is 30.8 Å². The van der Waals surface area contributed by atoms with Crippen LogP contribution in [-0.2, 0) is 6.42 Å². The minimum atomic E-state index is -0.256. The van der Waals surface area contributed by atoms with E-state index in [9.17, 15) is 9.50 Å². The minimum Gasteiger partial charge on any atom is -0.396 e. The number of hydrogen-bond acceptors (Lipinski definition) is 5. The van der Waals surface area contributed by atoms with Crippen molar-refractivity contribution in [3.63, 3.8) is 0 Å². The molecule has 134 valence electrons. The lowest BCUT2D eigenvalue weighted by Gasteiger charge is -2.42. The molecule has 1 atom stereocenters. The Morgan fingerprint density at radius 3 is 2.68 bits per heavy atom. The topological polar surface area (TPSA) is 52.5 Å². The highest BCUT2D eigenvalue weighted by Gasteiger charge is 2.36. The molecule has 2 aromatic rings. The molecule has 1 saturated heterocycles. The molecule has 1 aromatic heterocycles. The summed E-state index contributed by atoms with van der Waals surface area (Å²) >= 11 is 0. The highest BCUT2D eigenvalue weighted by atomic mass is 19.1. The summed E-state index contributed by atoms with van der Waals surface area (Å²) in [6.45, 7) is 1.66. The molecule has 0 saturated carbocycles. The normalized spacial score (nSPS) is 20.6. The van der Waals surface area contributed by atoms with E-state index in [1.807, 2.05) is 25.1 Å². The van der Waals surface area contributed by atoms with Gasteiger partial charge in [-0.2, -0.15) is 4.98 Å².